The SMILES string of the molecule is N[C@H]1CC[C@@H]1CNS(=O)(=O)C1=NCCc2cc(Cl)ccc21. The fraction of sp³-hybridized carbons (Fsp3) is 0.500. The second kappa shape index (κ2) is 5.68. The Kier molecular flexibility index (Phi) is 4.05. The third-order valence-corrected chi connectivity index (χ3v) is 5.84. The number of nitrogens with zero attached hydrogens (tertiary/aromatic N) is 1. The highest BCUT2D eigenvalue weighted by Crippen LogP contribution is 2.26. The Hall–Kier alpha value is -0.950. The van der Waals surface area contributed by atoms with Crippen molar-refractivity contribution in [2.75, 3.05) is 13.1 Å². The van der Waals surface area contributed by atoms with Gasteiger partial charge in [-0.25, -0.2) is 13.1 Å². The van der Waals surface area contributed by atoms with Crippen molar-refractivity contribution >= 4 is 26.7 Å². The zero-order valence-corrected chi connectivity index (χ0v) is 13.1. The van der Waals surface area contributed by atoms with Crippen LogP contribution in [0.3, 0.4) is 0 Å². The molecule has 5 nitrogen and oxygen atoms in total. The van der Waals surface area contributed by atoms with Gasteiger partial charge in [0.25, 0.3) is 10.0 Å². The number of nitrogens with two attached hydrogens (primary N) is 1. The monoisotopic (exact) mass is 327 g/mol. The molecule has 1 aromatic carbocycles. The molecule has 0 saturated heterocycles. The smallest absolute Gasteiger partial charge is 0.258 e. The molecule has 1 aliphatic heterocycles. The molecular formula is C14H18ClN3O2S. The van der Waals surface area contributed by atoms with Crippen molar-refractivity contribution in [1.29, 1.82) is 0 Å². The normalized spacial score (nSPS) is 25.0. The first-order valence-corrected chi connectivity index (χ1v) is 8.92. The lowest BCUT2D eigenvalue weighted by atomic mass is 9.80. The van der Waals surface area contributed by atoms with E-state index in [1.165, 1.54) is 0 Å². The summed E-state index contributed by atoms with van der Waals surface area (Å²) < 4.78 is 27.6. The van der Waals surface area contributed by atoms with Gasteiger partial charge in [0.2, 0.25) is 0 Å². The van der Waals surface area contributed by atoms with Crippen LogP contribution in [0.15, 0.2) is 23.2 Å². The van der Waals surface area contributed by atoms with E-state index in [1.54, 1.807) is 12.1 Å². The molecule has 3 N–H and O–H groups in total. The van der Waals surface area contributed by atoms with Crippen LogP contribution < -0.4 is 10.5 Å². The first-order valence-electron chi connectivity index (χ1n) is 7.06. The van der Waals surface area contributed by atoms with Gasteiger partial charge in [-0.05, 0) is 42.9 Å². The van der Waals surface area contributed by atoms with Crippen LogP contribution in [0.25, 0.3) is 0 Å². The molecule has 1 heterocycles. The van der Waals surface area contributed by atoms with Crippen LogP contribution in [0.1, 0.15) is 24.0 Å². The zero-order chi connectivity index (χ0) is 15.0. The van der Waals surface area contributed by atoms with Crippen molar-refractivity contribution in [3.63, 3.8) is 0 Å². The summed E-state index contributed by atoms with van der Waals surface area (Å²) in [5, 5.41) is 0.731. The molecular weight excluding hydrogens is 310 g/mol. The average Bonchev–Trinajstić information content (AvgIpc) is 2.44. The summed E-state index contributed by atoms with van der Waals surface area (Å²) in [6.07, 6.45) is 2.65. The fourth-order valence-electron chi connectivity index (χ4n) is 2.70. The maximum absolute atomic E-state index is 12.5. The van der Waals surface area contributed by atoms with Gasteiger partial charge < -0.3 is 5.73 Å². The molecule has 0 amide bonds. The van der Waals surface area contributed by atoms with E-state index in [2.05, 4.69) is 9.71 Å². The standard InChI is InChI=1S/C14H18ClN3O2S/c15-11-2-3-12-9(7-11)5-6-17-14(12)21(19,20)18-8-10-1-4-13(10)16/h2-3,7,10,13,18H,1,4-6,8,16H2/t10-,13+/m1/s1. The lowest BCUT2D eigenvalue weighted by Crippen LogP contribution is -2.47. The summed E-state index contributed by atoms with van der Waals surface area (Å²) in [6.45, 7) is 0.845. The molecule has 2 aliphatic rings. The van der Waals surface area contributed by atoms with E-state index in [0.717, 1.165) is 18.4 Å². The van der Waals surface area contributed by atoms with E-state index in [-0.39, 0.29) is 17.0 Å². The first kappa shape index (κ1) is 15.0. The van der Waals surface area contributed by atoms with E-state index in [0.29, 0.717) is 30.1 Å². The minimum absolute atomic E-state index is 0.104. The van der Waals surface area contributed by atoms with Gasteiger partial charge in [-0.1, -0.05) is 17.7 Å². The van der Waals surface area contributed by atoms with Gasteiger partial charge in [-0.15, -0.1) is 0 Å². The van der Waals surface area contributed by atoms with Crippen molar-refractivity contribution in [2.24, 2.45) is 16.6 Å². The second-order valence-electron chi connectivity index (χ2n) is 5.59. The van der Waals surface area contributed by atoms with E-state index in [4.69, 9.17) is 17.3 Å². The summed E-state index contributed by atoms with van der Waals surface area (Å²) >= 11 is 5.96. The van der Waals surface area contributed by atoms with Crippen LogP contribution >= 0.6 is 11.6 Å². The summed E-state index contributed by atoms with van der Waals surface area (Å²) in [5.74, 6) is 0.230. The van der Waals surface area contributed by atoms with Crippen LogP contribution in [0.2, 0.25) is 5.02 Å². The number of benzene rings is 1. The van der Waals surface area contributed by atoms with Gasteiger partial charge in [-0.3, -0.25) is 4.99 Å². The largest absolute Gasteiger partial charge is 0.327 e. The van der Waals surface area contributed by atoms with Crippen molar-refractivity contribution < 1.29 is 8.42 Å². The van der Waals surface area contributed by atoms with Gasteiger partial charge >= 0.3 is 0 Å². The number of halogens is 1. The van der Waals surface area contributed by atoms with Crippen LogP contribution in [0.4, 0.5) is 0 Å². The van der Waals surface area contributed by atoms with Crippen molar-refractivity contribution in [1.82, 2.24) is 4.72 Å². The van der Waals surface area contributed by atoms with Crippen LogP contribution in [0.5, 0.6) is 0 Å². The van der Waals surface area contributed by atoms with Crippen LogP contribution in [-0.2, 0) is 16.4 Å². The third-order valence-electron chi connectivity index (χ3n) is 4.20. The lowest BCUT2D eigenvalue weighted by molar-refractivity contribution is 0.259. The molecule has 0 radical (unpaired) electrons. The maximum atomic E-state index is 12.5. The minimum atomic E-state index is -3.60. The summed E-state index contributed by atoms with van der Waals surface area (Å²) in [4.78, 5) is 4.20. The fourth-order valence-corrected chi connectivity index (χ4v) is 4.22. The molecule has 1 aromatic rings. The topological polar surface area (TPSA) is 84.5 Å². The Balaban J connectivity index is 1.81. The van der Waals surface area contributed by atoms with Gasteiger partial charge in [0, 0.05) is 29.7 Å². The number of hydrogen-bond donors (Lipinski definition) is 2. The Morgan fingerprint density at radius 1 is 1.38 bits per heavy atom. The number of hydrogen-bond acceptors (Lipinski definition) is 4. The van der Waals surface area contributed by atoms with Crippen molar-refractivity contribution in [3.05, 3.63) is 34.3 Å². The molecule has 114 valence electrons. The molecule has 0 bridgehead atoms. The molecule has 0 spiro atoms. The van der Waals surface area contributed by atoms with Crippen LogP contribution in [-0.4, -0.2) is 32.6 Å². The predicted molar refractivity (Wildman–Crippen MR) is 84.2 cm³/mol. The van der Waals surface area contributed by atoms with Gasteiger partial charge in [0.1, 0.15) is 0 Å². The summed E-state index contributed by atoms with van der Waals surface area (Å²) in [5.41, 5.74) is 7.42. The molecule has 1 fully saturated rings. The second-order valence-corrected chi connectivity index (χ2v) is 7.71. The molecule has 1 saturated carbocycles. The van der Waals surface area contributed by atoms with Crippen molar-refractivity contribution in [2.45, 2.75) is 25.3 Å². The summed E-state index contributed by atoms with van der Waals surface area (Å²) in [6, 6.07) is 5.33. The Labute approximate surface area is 129 Å². The first-order chi connectivity index (χ1) is 9.97. The number of aliphatic imine (C=N–C) groups is 1. The van der Waals surface area contributed by atoms with Gasteiger partial charge in [0.05, 0.1) is 0 Å². The maximum Gasteiger partial charge on any atom is 0.258 e. The van der Waals surface area contributed by atoms with Gasteiger partial charge in [-0.2, -0.15) is 0 Å². The molecule has 1 aliphatic carbocycles. The number of fused-ring (bicyclic) bond motifs is 1. The molecule has 0 unspecified atom stereocenters. The van der Waals surface area contributed by atoms with E-state index in [9.17, 15) is 8.42 Å². The lowest BCUT2D eigenvalue weighted by Gasteiger charge is -2.33. The Morgan fingerprint density at radius 3 is 2.86 bits per heavy atom. The number of sulfonamides is 1. The molecule has 21 heavy (non-hydrogen) atoms. The average molecular weight is 328 g/mol. The summed E-state index contributed by atoms with van der Waals surface area (Å²) in [7, 11) is -3.60. The Morgan fingerprint density at radius 2 is 2.19 bits per heavy atom. The molecule has 0 aromatic heterocycles. The van der Waals surface area contributed by atoms with E-state index in [1.807, 2.05) is 6.07 Å². The van der Waals surface area contributed by atoms with E-state index >= 15 is 0 Å². The van der Waals surface area contributed by atoms with Gasteiger partial charge in [0.15, 0.2) is 5.04 Å². The highest BCUT2D eigenvalue weighted by atomic mass is 35.5. The Bertz CT molecular complexity index is 687. The van der Waals surface area contributed by atoms with Crippen LogP contribution in [0, 0.1) is 5.92 Å². The number of nitrogens with one attached hydrogen (secondary N) is 1. The highest BCUT2D eigenvalue weighted by Gasteiger charge is 2.31. The highest BCUT2D eigenvalue weighted by molar-refractivity contribution is 8.05. The molecule has 7 heteroatoms. The third kappa shape index (κ3) is 2.99. The van der Waals surface area contributed by atoms with Crippen molar-refractivity contribution in [3.8, 4) is 0 Å². The minimum Gasteiger partial charge on any atom is -0.327 e. The quantitative estimate of drug-likeness (QED) is 0.877. The zero-order valence-electron chi connectivity index (χ0n) is 11.5. The van der Waals surface area contributed by atoms with E-state index < -0.39 is 10.0 Å². The molecule has 3 rings (SSSR count). The predicted octanol–water partition coefficient (Wildman–Crippen LogP) is 1.30. The number of rotatable bonds is 3. The molecule has 2 atom stereocenters.